The van der Waals surface area contributed by atoms with Crippen LogP contribution in [0.5, 0.6) is 0 Å². The lowest BCUT2D eigenvalue weighted by atomic mass is 9.77. The van der Waals surface area contributed by atoms with Crippen molar-refractivity contribution >= 4 is 17.5 Å². The molecule has 4 N–H and O–H groups in total. The van der Waals surface area contributed by atoms with E-state index < -0.39 is 35.6 Å². The van der Waals surface area contributed by atoms with E-state index in [1.54, 1.807) is 17.0 Å². The van der Waals surface area contributed by atoms with Crippen molar-refractivity contribution in [3.8, 4) is 0 Å². The van der Waals surface area contributed by atoms with Crippen molar-refractivity contribution in [2.24, 2.45) is 11.7 Å². The number of carbonyl (C=O) groups is 2. The monoisotopic (exact) mass is 606 g/mol. The minimum Gasteiger partial charge on any atom is -0.379 e. The number of anilines is 1. The fraction of sp³-hybridized carbons (Fsp3) is 0.567. The molecule has 1 aromatic carbocycles. The molecule has 43 heavy (non-hydrogen) atoms. The molecule has 4 rings (SSSR count). The van der Waals surface area contributed by atoms with Crippen LogP contribution in [0.4, 0.5) is 18.9 Å². The molecule has 0 bridgehead atoms. The number of nitrogens with zero attached hydrogens (tertiary/aromatic N) is 3. The molecular weight excluding hydrogens is 565 g/mol. The molecular formula is C30H41F3N6O4. The van der Waals surface area contributed by atoms with Gasteiger partial charge in [0.25, 0.3) is 11.8 Å². The van der Waals surface area contributed by atoms with Crippen molar-refractivity contribution in [3.63, 3.8) is 0 Å². The predicted octanol–water partition coefficient (Wildman–Crippen LogP) is 2.61. The molecule has 0 radical (unpaired) electrons. The molecule has 2 fully saturated rings. The molecule has 0 aliphatic carbocycles. The Labute approximate surface area is 250 Å². The Balaban J connectivity index is 1.49. The largest absolute Gasteiger partial charge is 0.417 e. The lowest BCUT2D eigenvalue weighted by Gasteiger charge is -2.32. The van der Waals surface area contributed by atoms with Crippen molar-refractivity contribution in [2.45, 2.75) is 44.2 Å². The Morgan fingerprint density at radius 2 is 1.84 bits per heavy atom. The van der Waals surface area contributed by atoms with E-state index in [0.717, 1.165) is 25.6 Å². The zero-order valence-corrected chi connectivity index (χ0v) is 24.8. The number of benzene rings is 1. The molecule has 13 heteroatoms. The lowest BCUT2D eigenvalue weighted by molar-refractivity contribution is -0.272. The number of carbonyl (C=O) groups excluding carboxylic acids is 2. The third-order valence-electron chi connectivity index (χ3n) is 8.34. The van der Waals surface area contributed by atoms with Gasteiger partial charge >= 0.3 is 6.18 Å². The second-order valence-corrected chi connectivity index (χ2v) is 11.3. The Kier molecular flexibility index (Phi) is 10.8. The van der Waals surface area contributed by atoms with Crippen LogP contribution >= 0.6 is 0 Å². The highest BCUT2D eigenvalue weighted by Crippen LogP contribution is 2.53. The third kappa shape index (κ3) is 7.71. The predicted molar refractivity (Wildman–Crippen MR) is 156 cm³/mol. The molecule has 4 atom stereocenters. The summed E-state index contributed by atoms with van der Waals surface area (Å²) in [5.74, 6) is -2.92. The Bertz CT molecular complexity index is 1240. The van der Waals surface area contributed by atoms with Crippen LogP contribution in [-0.2, 0) is 20.8 Å². The van der Waals surface area contributed by atoms with Gasteiger partial charge in [0.15, 0.2) is 5.60 Å². The number of hydrogen-bond acceptors (Lipinski definition) is 8. The lowest BCUT2D eigenvalue weighted by Crippen LogP contribution is -2.47. The van der Waals surface area contributed by atoms with E-state index in [1.165, 1.54) is 25.3 Å². The Morgan fingerprint density at radius 1 is 1.14 bits per heavy atom. The first-order chi connectivity index (χ1) is 20.4. The van der Waals surface area contributed by atoms with Crippen LogP contribution < -0.4 is 16.4 Å². The van der Waals surface area contributed by atoms with Crippen molar-refractivity contribution < 1.29 is 32.2 Å². The second kappa shape index (κ2) is 14.1. The van der Waals surface area contributed by atoms with E-state index >= 15 is 0 Å². The number of nitrogens with two attached hydrogens (primary N) is 1. The second-order valence-electron chi connectivity index (χ2n) is 11.3. The summed E-state index contributed by atoms with van der Waals surface area (Å²) < 4.78 is 53.7. The number of alkyl halides is 3. The van der Waals surface area contributed by atoms with E-state index in [0.29, 0.717) is 51.5 Å². The number of aromatic nitrogens is 1. The topological polar surface area (TPSA) is 122 Å². The summed E-state index contributed by atoms with van der Waals surface area (Å²) in [5, 5.41) is 5.92. The van der Waals surface area contributed by atoms with Crippen molar-refractivity contribution in [2.75, 3.05) is 64.8 Å². The highest BCUT2D eigenvalue weighted by atomic mass is 19.4. The van der Waals surface area contributed by atoms with Gasteiger partial charge in [-0.05, 0) is 37.2 Å². The van der Waals surface area contributed by atoms with Gasteiger partial charge in [-0.3, -0.25) is 14.6 Å². The first kappa shape index (κ1) is 32.8. The van der Waals surface area contributed by atoms with Gasteiger partial charge in [-0.2, -0.15) is 13.2 Å². The Morgan fingerprint density at radius 3 is 2.49 bits per heavy atom. The summed E-state index contributed by atoms with van der Waals surface area (Å²) in [7, 11) is 1.98. The quantitative estimate of drug-likeness (QED) is 0.334. The molecule has 2 aliphatic rings. The van der Waals surface area contributed by atoms with E-state index in [4.69, 9.17) is 15.2 Å². The number of halogens is 3. The standard InChI is InChI=1S/C30H41F3N6O4/c1-20-25(22-6-4-21(5-7-22)19-35-11-17-42-16-9-34)26(43-29(20,2)30(31,32)33)27(40)37-23-8-10-36-24(18-23)28(41)39-14-12-38(3)13-15-39/h4-8,10,18,20,25-26,35H,9,11-17,19,34H2,1-3H3,(H,36,37,40)/t20-,25-,26+,29+/m0/s1. The number of amides is 2. The van der Waals surface area contributed by atoms with Gasteiger partial charge in [-0.15, -0.1) is 0 Å². The number of hydrogen-bond donors (Lipinski definition) is 3. The van der Waals surface area contributed by atoms with Crippen LogP contribution in [0.15, 0.2) is 42.6 Å². The maximum Gasteiger partial charge on any atom is 0.417 e. The fourth-order valence-electron chi connectivity index (χ4n) is 5.48. The Hall–Kier alpha value is -3.10. The molecule has 2 amide bonds. The normalized spacial score (nSPS) is 24.7. The molecule has 2 saturated heterocycles. The van der Waals surface area contributed by atoms with E-state index in [-0.39, 0.29) is 17.3 Å². The number of pyridine rings is 1. The summed E-state index contributed by atoms with van der Waals surface area (Å²) in [5.41, 5.74) is 4.77. The maximum atomic E-state index is 14.3. The van der Waals surface area contributed by atoms with Crippen LogP contribution in [0, 0.1) is 5.92 Å². The summed E-state index contributed by atoms with van der Waals surface area (Å²) in [6, 6.07) is 10.1. The SMILES string of the molecule is C[C@H]1[C@@H](c2ccc(CNCCOCCN)cc2)[C@H](C(=O)Nc2ccnc(C(=O)N3CCN(C)CC3)c2)O[C@@]1(C)C(F)(F)F. The molecule has 236 valence electrons. The third-order valence-corrected chi connectivity index (χ3v) is 8.34. The first-order valence-corrected chi connectivity index (χ1v) is 14.5. The smallest absolute Gasteiger partial charge is 0.379 e. The maximum absolute atomic E-state index is 14.3. The van der Waals surface area contributed by atoms with Crippen molar-refractivity contribution in [1.82, 2.24) is 20.1 Å². The number of piperazine rings is 1. The zero-order chi connectivity index (χ0) is 31.2. The van der Waals surface area contributed by atoms with Gasteiger partial charge in [0, 0.05) is 69.5 Å². The number of rotatable bonds is 11. The van der Waals surface area contributed by atoms with Crippen molar-refractivity contribution in [1.29, 1.82) is 0 Å². The van der Waals surface area contributed by atoms with Crippen LogP contribution in [0.25, 0.3) is 0 Å². The first-order valence-electron chi connectivity index (χ1n) is 14.5. The highest BCUT2D eigenvalue weighted by molar-refractivity contribution is 5.97. The van der Waals surface area contributed by atoms with E-state index in [2.05, 4.69) is 20.5 Å². The van der Waals surface area contributed by atoms with Gasteiger partial charge in [0.05, 0.1) is 13.2 Å². The molecule has 2 aromatic rings. The minimum atomic E-state index is -4.70. The number of nitrogens with one attached hydrogen (secondary N) is 2. The molecule has 0 saturated carbocycles. The molecule has 0 unspecified atom stereocenters. The molecule has 2 aliphatic heterocycles. The molecule has 3 heterocycles. The molecule has 10 nitrogen and oxygen atoms in total. The average Bonchev–Trinajstić information content (AvgIpc) is 3.27. The van der Waals surface area contributed by atoms with Crippen LogP contribution in [0.1, 0.15) is 41.4 Å². The average molecular weight is 607 g/mol. The molecule has 1 aromatic heterocycles. The molecule has 0 spiro atoms. The van der Waals surface area contributed by atoms with Gasteiger partial charge in [-0.1, -0.05) is 31.2 Å². The zero-order valence-electron chi connectivity index (χ0n) is 24.8. The van der Waals surface area contributed by atoms with Crippen LogP contribution in [0.3, 0.4) is 0 Å². The summed E-state index contributed by atoms with van der Waals surface area (Å²) in [6.45, 7) is 7.66. The van der Waals surface area contributed by atoms with Crippen LogP contribution in [-0.4, -0.2) is 104 Å². The van der Waals surface area contributed by atoms with E-state index in [9.17, 15) is 22.8 Å². The highest BCUT2D eigenvalue weighted by Gasteiger charge is 2.65. The number of ether oxygens (including phenoxy) is 2. The van der Waals surface area contributed by atoms with Gasteiger partial charge in [-0.25, -0.2) is 0 Å². The van der Waals surface area contributed by atoms with Gasteiger partial charge < -0.3 is 35.6 Å². The van der Waals surface area contributed by atoms with Crippen LogP contribution in [0.2, 0.25) is 0 Å². The van der Waals surface area contributed by atoms with E-state index in [1.807, 2.05) is 19.2 Å². The van der Waals surface area contributed by atoms with Gasteiger partial charge in [0.2, 0.25) is 0 Å². The minimum absolute atomic E-state index is 0.148. The van der Waals surface area contributed by atoms with Gasteiger partial charge in [0.1, 0.15) is 11.8 Å². The van der Waals surface area contributed by atoms with Crippen molar-refractivity contribution in [3.05, 3.63) is 59.4 Å². The summed E-state index contributed by atoms with van der Waals surface area (Å²) in [6.07, 6.45) is -4.73. The summed E-state index contributed by atoms with van der Waals surface area (Å²) >= 11 is 0. The fourth-order valence-corrected chi connectivity index (χ4v) is 5.48. The number of likely N-dealkylation sites (N-methyl/N-ethyl adjacent to an activating group) is 1. The summed E-state index contributed by atoms with van der Waals surface area (Å²) in [4.78, 5) is 34.5.